The van der Waals surface area contributed by atoms with Gasteiger partial charge in [-0.2, -0.15) is 0 Å². The van der Waals surface area contributed by atoms with Crippen LogP contribution >= 0.6 is 0 Å². The molecule has 0 saturated carbocycles. The average molecular weight is 448 g/mol. The van der Waals surface area contributed by atoms with Crippen molar-refractivity contribution in [3.63, 3.8) is 0 Å². The topological polar surface area (TPSA) is 154 Å². The van der Waals surface area contributed by atoms with E-state index in [-0.39, 0.29) is 18.0 Å². The number of carbonyl (C=O) groups is 3. The summed E-state index contributed by atoms with van der Waals surface area (Å²) >= 11 is 0. The second-order valence-electron chi connectivity index (χ2n) is 6.93. The first-order chi connectivity index (χ1) is 15.8. The molecule has 0 heterocycles. The zero-order chi connectivity index (χ0) is 24.2. The van der Waals surface area contributed by atoms with Crippen LogP contribution in [0.3, 0.4) is 0 Å². The Hall–Kier alpha value is -4.15. The SMILES string of the molecule is CC(O)C(NC(=O)c1ccc(C#CC#Cc2cccc(CNC(=O)CN)c2)cc1)C(=O)NO. The van der Waals surface area contributed by atoms with Crippen LogP contribution in [-0.4, -0.2) is 46.7 Å². The van der Waals surface area contributed by atoms with Crippen LogP contribution in [0.4, 0.5) is 0 Å². The summed E-state index contributed by atoms with van der Waals surface area (Å²) in [4.78, 5) is 35.0. The van der Waals surface area contributed by atoms with E-state index in [0.29, 0.717) is 12.1 Å². The van der Waals surface area contributed by atoms with Crippen LogP contribution in [0.25, 0.3) is 0 Å². The summed E-state index contributed by atoms with van der Waals surface area (Å²) in [6, 6.07) is 12.3. The van der Waals surface area contributed by atoms with Crippen LogP contribution in [-0.2, 0) is 16.1 Å². The molecule has 0 aliphatic carbocycles. The number of rotatable bonds is 7. The van der Waals surface area contributed by atoms with Gasteiger partial charge in [0.2, 0.25) is 5.91 Å². The van der Waals surface area contributed by atoms with Crippen LogP contribution in [0.1, 0.15) is 34.0 Å². The number of amides is 3. The second-order valence-corrected chi connectivity index (χ2v) is 6.93. The van der Waals surface area contributed by atoms with Gasteiger partial charge >= 0.3 is 0 Å². The highest BCUT2D eigenvalue weighted by atomic mass is 16.5. The molecule has 9 heteroatoms. The fourth-order valence-corrected chi connectivity index (χ4v) is 2.64. The summed E-state index contributed by atoms with van der Waals surface area (Å²) in [5.74, 6) is 9.53. The predicted molar refractivity (Wildman–Crippen MR) is 120 cm³/mol. The van der Waals surface area contributed by atoms with Gasteiger partial charge in [0.15, 0.2) is 0 Å². The molecule has 0 saturated heterocycles. The van der Waals surface area contributed by atoms with Gasteiger partial charge in [0, 0.05) is 23.2 Å². The number of hydroxylamine groups is 1. The standard InChI is InChI=1S/C24H24N4O5/c1-16(29)22(24(32)28-33)27-23(31)20-11-9-17(10-12-20)5-2-3-6-18-7-4-8-19(13-18)15-26-21(30)14-25/h4,7-13,16,22,29,33H,14-15,25H2,1H3,(H,26,30)(H,27,31)(H,28,32). The van der Waals surface area contributed by atoms with Gasteiger partial charge in [-0.15, -0.1) is 0 Å². The zero-order valence-corrected chi connectivity index (χ0v) is 17.9. The van der Waals surface area contributed by atoms with Gasteiger partial charge < -0.3 is 21.5 Å². The summed E-state index contributed by atoms with van der Waals surface area (Å²) in [6.07, 6.45) is -1.20. The Morgan fingerprint density at radius 1 is 1.03 bits per heavy atom. The number of aliphatic hydroxyl groups is 1. The summed E-state index contributed by atoms with van der Waals surface area (Å²) in [5, 5.41) is 23.3. The Kier molecular flexibility index (Phi) is 9.62. The maximum Gasteiger partial charge on any atom is 0.268 e. The molecule has 3 amide bonds. The van der Waals surface area contributed by atoms with Crippen molar-refractivity contribution in [1.82, 2.24) is 16.1 Å². The van der Waals surface area contributed by atoms with E-state index in [1.807, 2.05) is 24.3 Å². The quantitative estimate of drug-likeness (QED) is 0.193. The minimum atomic E-state index is -1.30. The number of hydrogen-bond acceptors (Lipinski definition) is 6. The van der Waals surface area contributed by atoms with E-state index in [2.05, 4.69) is 34.3 Å². The highest BCUT2D eigenvalue weighted by Gasteiger charge is 2.25. The average Bonchev–Trinajstić information content (AvgIpc) is 2.83. The molecule has 2 unspecified atom stereocenters. The Morgan fingerprint density at radius 2 is 1.70 bits per heavy atom. The Labute approximate surface area is 191 Å². The van der Waals surface area contributed by atoms with Crippen molar-refractivity contribution < 1.29 is 24.7 Å². The number of carbonyl (C=O) groups excluding carboxylic acids is 3. The third kappa shape index (κ3) is 8.13. The van der Waals surface area contributed by atoms with Gasteiger partial charge in [-0.3, -0.25) is 19.6 Å². The van der Waals surface area contributed by atoms with Crippen molar-refractivity contribution in [3.05, 3.63) is 70.8 Å². The molecule has 7 N–H and O–H groups in total. The molecular formula is C24H24N4O5. The van der Waals surface area contributed by atoms with Gasteiger partial charge in [-0.1, -0.05) is 24.0 Å². The molecule has 9 nitrogen and oxygen atoms in total. The minimum absolute atomic E-state index is 0.0655. The third-order valence-corrected chi connectivity index (χ3v) is 4.39. The van der Waals surface area contributed by atoms with Gasteiger partial charge in [0.1, 0.15) is 6.04 Å². The van der Waals surface area contributed by atoms with Crippen LogP contribution in [0.5, 0.6) is 0 Å². The lowest BCUT2D eigenvalue weighted by atomic mass is 10.1. The van der Waals surface area contributed by atoms with Crippen LogP contribution in [0.15, 0.2) is 48.5 Å². The van der Waals surface area contributed by atoms with Crippen LogP contribution < -0.4 is 21.8 Å². The van der Waals surface area contributed by atoms with E-state index in [4.69, 9.17) is 10.9 Å². The van der Waals surface area contributed by atoms with E-state index in [1.54, 1.807) is 12.1 Å². The van der Waals surface area contributed by atoms with Crippen molar-refractivity contribution >= 4 is 17.7 Å². The predicted octanol–water partition coefficient (Wildman–Crippen LogP) is -0.351. The summed E-state index contributed by atoms with van der Waals surface area (Å²) < 4.78 is 0. The Balaban J connectivity index is 2.00. The van der Waals surface area contributed by atoms with Gasteiger partial charge in [-0.05, 0) is 60.7 Å². The molecule has 0 radical (unpaired) electrons. The second kappa shape index (κ2) is 12.6. The van der Waals surface area contributed by atoms with E-state index >= 15 is 0 Å². The molecule has 2 aromatic carbocycles. The maximum absolute atomic E-state index is 12.3. The highest BCUT2D eigenvalue weighted by molar-refractivity contribution is 5.97. The van der Waals surface area contributed by atoms with Crippen molar-refractivity contribution in [2.24, 2.45) is 5.73 Å². The number of nitrogens with two attached hydrogens (primary N) is 1. The number of hydrogen-bond donors (Lipinski definition) is 6. The van der Waals surface area contributed by atoms with E-state index in [1.165, 1.54) is 24.5 Å². The third-order valence-electron chi connectivity index (χ3n) is 4.39. The molecule has 0 bridgehead atoms. The molecule has 2 atom stereocenters. The molecule has 0 aromatic heterocycles. The molecule has 0 fully saturated rings. The summed E-state index contributed by atoms with van der Waals surface area (Å²) in [7, 11) is 0. The molecule has 0 aliphatic heterocycles. The van der Waals surface area contributed by atoms with Crippen molar-refractivity contribution in [2.45, 2.75) is 25.6 Å². The van der Waals surface area contributed by atoms with E-state index < -0.39 is 24.0 Å². The number of benzene rings is 2. The molecule has 33 heavy (non-hydrogen) atoms. The molecule has 0 aliphatic rings. The molecule has 2 rings (SSSR count). The summed E-state index contributed by atoms with van der Waals surface area (Å²) in [6.45, 7) is 1.61. The number of nitrogens with one attached hydrogen (secondary N) is 3. The molecule has 170 valence electrons. The first kappa shape index (κ1) is 25.1. The van der Waals surface area contributed by atoms with Crippen molar-refractivity contribution in [3.8, 4) is 23.7 Å². The fourth-order valence-electron chi connectivity index (χ4n) is 2.64. The largest absolute Gasteiger partial charge is 0.391 e. The lowest BCUT2D eigenvalue weighted by molar-refractivity contribution is -0.133. The van der Waals surface area contributed by atoms with Crippen LogP contribution in [0, 0.1) is 23.7 Å². The van der Waals surface area contributed by atoms with Gasteiger partial charge in [0.25, 0.3) is 11.8 Å². The van der Waals surface area contributed by atoms with E-state index in [0.717, 1.165) is 11.1 Å². The minimum Gasteiger partial charge on any atom is -0.391 e. The monoisotopic (exact) mass is 448 g/mol. The van der Waals surface area contributed by atoms with Gasteiger partial charge in [0.05, 0.1) is 12.6 Å². The first-order valence-corrected chi connectivity index (χ1v) is 9.94. The summed E-state index contributed by atoms with van der Waals surface area (Å²) in [5.41, 5.74) is 9.18. The molecular weight excluding hydrogens is 424 g/mol. The lowest BCUT2D eigenvalue weighted by Gasteiger charge is -2.19. The molecule has 0 spiro atoms. The fraction of sp³-hybridized carbons (Fsp3) is 0.208. The highest BCUT2D eigenvalue weighted by Crippen LogP contribution is 2.06. The number of aliphatic hydroxyl groups excluding tert-OH is 1. The maximum atomic E-state index is 12.3. The van der Waals surface area contributed by atoms with Crippen molar-refractivity contribution in [2.75, 3.05) is 6.54 Å². The Bertz CT molecular complexity index is 1120. The molecule has 2 aromatic rings. The first-order valence-electron chi connectivity index (χ1n) is 9.94. The smallest absolute Gasteiger partial charge is 0.268 e. The van der Waals surface area contributed by atoms with Crippen LogP contribution in [0.2, 0.25) is 0 Å². The Morgan fingerprint density at radius 3 is 2.30 bits per heavy atom. The lowest BCUT2D eigenvalue weighted by Crippen LogP contribution is -2.51. The van der Waals surface area contributed by atoms with E-state index in [9.17, 15) is 19.5 Å². The van der Waals surface area contributed by atoms with Crippen molar-refractivity contribution in [1.29, 1.82) is 0 Å². The zero-order valence-electron chi connectivity index (χ0n) is 17.9. The normalized spacial score (nSPS) is 11.5. The van der Waals surface area contributed by atoms with Gasteiger partial charge in [-0.25, -0.2) is 5.48 Å².